The lowest BCUT2D eigenvalue weighted by Gasteiger charge is -2.34. The molecule has 0 spiro atoms. The van der Waals surface area contributed by atoms with Crippen molar-refractivity contribution in [1.29, 1.82) is 0 Å². The summed E-state index contributed by atoms with van der Waals surface area (Å²) in [6.07, 6.45) is 1.60. The van der Waals surface area contributed by atoms with E-state index in [2.05, 4.69) is 18.8 Å². The molecule has 2 atom stereocenters. The van der Waals surface area contributed by atoms with Crippen molar-refractivity contribution in [1.82, 2.24) is 9.88 Å². The van der Waals surface area contributed by atoms with Crippen molar-refractivity contribution in [3.63, 3.8) is 0 Å². The largest absolute Gasteiger partial charge is 0.383 e. The maximum absolute atomic E-state index is 12.3. The quantitative estimate of drug-likeness (QED) is 0.824. The van der Waals surface area contributed by atoms with E-state index in [1.807, 2.05) is 16.7 Å². The van der Waals surface area contributed by atoms with Crippen LogP contribution in [0.5, 0.6) is 0 Å². The second-order valence-electron chi connectivity index (χ2n) is 4.40. The van der Waals surface area contributed by atoms with Gasteiger partial charge in [0.25, 0.3) is 5.91 Å². The molecule has 1 fully saturated rings. The van der Waals surface area contributed by atoms with Crippen LogP contribution in [-0.4, -0.2) is 39.4 Å². The van der Waals surface area contributed by atoms with Crippen molar-refractivity contribution in [3.8, 4) is 0 Å². The Hall–Kier alpha value is -1.23. The molecule has 0 radical (unpaired) electrons. The zero-order chi connectivity index (χ0) is 12.4. The minimum Gasteiger partial charge on any atom is -0.383 e. The number of hydrogen-bond donors (Lipinski definition) is 1. The zero-order valence-corrected chi connectivity index (χ0v) is 10.9. The highest BCUT2D eigenvalue weighted by Crippen LogP contribution is 2.26. The molecule has 2 N–H and O–H groups in total. The highest BCUT2D eigenvalue weighted by Gasteiger charge is 2.27. The maximum Gasteiger partial charge on any atom is 0.257 e. The van der Waals surface area contributed by atoms with Gasteiger partial charge in [-0.1, -0.05) is 13.8 Å². The van der Waals surface area contributed by atoms with Crippen LogP contribution in [0, 0.1) is 0 Å². The molecule has 5 heteroatoms. The van der Waals surface area contributed by atoms with Gasteiger partial charge in [-0.2, -0.15) is 11.8 Å². The topological polar surface area (TPSA) is 59.2 Å². The third-order valence-corrected chi connectivity index (χ3v) is 4.00. The summed E-state index contributed by atoms with van der Waals surface area (Å²) >= 11 is 1.92. The van der Waals surface area contributed by atoms with Crippen molar-refractivity contribution in [2.45, 2.75) is 24.3 Å². The van der Waals surface area contributed by atoms with Gasteiger partial charge in [-0.25, -0.2) is 4.98 Å². The summed E-state index contributed by atoms with van der Waals surface area (Å²) in [5.41, 5.74) is 6.25. The molecule has 1 aliphatic heterocycles. The number of carbonyl (C=O) groups excluding carboxylic acids is 1. The first-order valence-electron chi connectivity index (χ1n) is 5.73. The van der Waals surface area contributed by atoms with E-state index in [0.717, 1.165) is 13.1 Å². The van der Waals surface area contributed by atoms with Crippen molar-refractivity contribution >= 4 is 23.5 Å². The molecule has 17 heavy (non-hydrogen) atoms. The molecular formula is C12H17N3OS. The Labute approximate surface area is 106 Å². The number of nitrogens with two attached hydrogens (primary N) is 1. The molecule has 1 saturated heterocycles. The Balaban J connectivity index is 2.17. The number of nitrogens with zero attached hydrogens (tertiary/aromatic N) is 2. The smallest absolute Gasteiger partial charge is 0.257 e. The predicted octanol–water partition coefficient (Wildman–Crippen LogP) is 1.63. The second-order valence-corrected chi connectivity index (χ2v) is 6.29. The monoisotopic (exact) mass is 251 g/mol. The number of aromatic nitrogens is 1. The first kappa shape index (κ1) is 12.2. The van der Waals surface area contributed by atoms with Crippen LogP contribution in [0.3, 0.4) is 0 Å². The molecule has 1 amide bonds. The Bertz CT molecular complexity index is 414. The molecule has 1 aliphatic rings. The van der Waals surface area contributed by atoms with E-state index < -0.39 is 0 Å². The molecule has 2 unspecified atom stereocenters. The SMILES string of the molecule is CC1CN(C(=O)c2cccnc2N)CC(C)S1. The highest BCUT2D eigenvalue weighted by atomic mass is 32.2. The van der Waals surface area contributed by atoms with Gasteiger partial charge in [0.2, 0.25) is 0 Å². The van der Waals surface area contributed by atoms with Gasteiger partial charge >= 0.3 is 0 Å². The Kier molecular flexibility index (Phi) is 3.57. The third-order valence-electron chi connectivity index (χ3n) is 2.78. The summed E-state index contributed by atoms with van der Waals surface area (Å²) in [5, 5.41) is 0.946. The lowest BCUT2D eigenvalue weighted by atomic mass is 10.2. The van der Waals surface area contributed by atoms with Crippen LogP contribution in [0.25, 0.3) is 0 Å². The average Bonchev–Trinajstić information content (AvgIpc) is 2.27. The summed E-state index contributed by atoms with van der Waals surface area (Å²) < 4.78 is 0. The molecule has 4 nitrogen and oxygen atoms in total. The van der Waals surface area contributed by atoms with Crippen molar-refractivity contribution in [2.24, 2.45) is 0 Å². The molecule has 1 aromatic rings. The molecule has 0 bridgehead atoms. The number of pyridine rings is 1. The van der Waals surface area contributed by atoms with Gasteiger partial charge in [0.15, 0.2) is 0 Å². The van der Waals surface area contributed by atoms with Crippen molar-refractivity contribution in [2.75, 3.05) is 18.8 Å². The molecule has 0 aliphatic carbocycles. The summed E-state index contributed by atoms with van der Waals surface area (Å²) in [5.74, 6) is 0.311. The second kappa shape index (κ2) is 4.96. The fraction of sp³-hybridized carbons (Fsp3) is 0.500. The van der Waals surface area contributed by atoms with Gasteiger partial charge in [-0.05, 0) is 12.1 Å². The minimum absolute atomic E-state index is 0.00500. The summed E-state index contributed by atoms with van der Waals surface area (Å²) in [6, 6.07) is 3.48. The van der Waals surface area contributed by atoms with Crippen LogP contribution >= 0.6 is 11.8 Å². The lowest BCUT2D eigenvalue weighted by molar-refractivity contribution is 0.0754. The summed E-state index contributed by atoms with van der Waals surface area (Å²) in [6.45, 7) is 5.85. The van der Waals surface area contributed by atoms with Gasteiger partial charge in [0.1, 0.15) is 5.82 Å². The van der Waals surface area contributed by atoms with E-state index in [9.17, 15) is 4.79 Å². The fourth-order valence-corrected chi connectivity index (χ4v) is 3.44. The Morgan fingerprint density at radius 2 is 2.12 bits per heavy atom. The summed E-state index contributed by atoms with van der Waals surface area (Å²) in [4.78, 5) is 18.1. The molecule has 0 aromatic carbocycles. The van der Waals surface area contributed by atoms with Gasteiger partial charge in [0, 0.05) is 29.8 Å². The first-order chi connectivity index (χ1) is 8.08. The van der Waals surface area contributed by atoms with E-state index >= 15 is 0 Å². The van der Waals surface area contributed by atoms with Gasteiger partial charge in [-0.15, -0.1) is 0 Å². The minimum atomic E-state index is -0.00500. The molecular weight excluding hydrogens is 234 g/mol. The number of rotatable bonds is 1. The van der Waals surface area contributed by atoms with E-state index in [4.69, 9.17) is 5.73 Å². The number of nitrogen functional groups attached to an aromatic ring is 1. The van der Waals surface area contributed by atoms with E-state index in [1.54, 1.807) is 18.3 Å². The van der Waals surface area contributed by atoms with Crippen LogP contribution in [0.1, 0.15) is 24.2 Å². The van der Waals surface area contributed by atoms with Gasteiger partial charge in [-0.3, -0.25) is 4.79 Å². The number of thioether (sulfide) groups is 1. The average molecular weight is 251 g/mol. The highest BCUT2D eigenvalue weighted by molar-refractivity contribution is 8.00. The number of amides is 1. The van der Waals surface area contributed by atoms with Gasteiger partial charge in [0.05, 0.1) is 5.56 Å². The van der Waals surface area contributed by atoms with E-state index in [-0.39, 0.29) is 5.91 Å². The zero-order valence-electron chi connectivity index (χ0n) is 10.1. The molecule has 92 valence electrons. The number of hydrogen-bond acceptors (Lipinski definition) is 4. The number of anilines is 1. The van der Waals surface area contributed by atoms with Gasteiger partial charge < -0.3 is 10.6 Å². The fourth-order valence-electron chi connectivity index (χ4n) is 2.11. The predicted molar refractivity (Wildman–Crippen MR) is 71.1 cm³/mol. The van der Waals surface area contributed by atoms with Crippen LogP contribution < -0.4 is 5.73 Å². The Morgan fingerprint density at radius 1 is 1.47 bits per heavy atom. The third kappa shape index (κ3) is 2.72. The molecule has 1 aromatic heterocycles. The van der Waals surface area contributed by atoms with Crippen LogP contribution in [0.4, 0.5) is 5.82 Å². The number of carbonyl (C=O) groups is 1. The summed E-state index contributed by atoms with van der Waals surface area (Å²) in [7, 11) is 0. The van der Waals surface area contributed by atoms with Crippen LogP contribution in [0.2, 0.25) is 0 Å². The first-order valence-corrected chi connectivity index (χ1v) is 6.67. The van der Waals surface area contributed by atoms with Crippen molar-refractivity contribution in [3.05, 3.63) is 23.9 Å². The van der Waals surface area contributed by atoms with Crippen molar-refractivity contribution < 1.29 is 4.79 Å². The standard InChI is InChI=1S/C12H17N3OS/c1-8-6-15(7-9(2)17-8)12(16)10-4-3-5-14-11(10)13/h3-5,8-9H,6-7H2,1-2H3,(H2,13,14). The lowest BCUT2D eigenvalue weighted by Crippen LogP contribution is -2.44. The molecule has 2 heterocycles. The molecule has 2 rings (SSSR count). The van der Waals surface area contributed by atoms with Crippen LogP contribution in [-0.2, 0) is 0 Å². The van der Waals surface area contributed by atoms with E-state index in [1.165, 1.54) is 0 Å². The normalized spacial score (nSPS) is 24.7. The maximum atomic E-state index is 12.3. The van der Waals surface area contributed by atoms with Crippen LogP contribution in [0.15, 0.2) is 18.3 Å². The van der Waals surface area contributed by atoms with E-state index in [0.29, 0.717) is 21.9 Å². The Morgan fingerprint density at radius 3 is 2.71 bits per heavy atom. The molecule has 0 saturated carbocycles.